The van der Waals surface area contributed by atoms with Crippen molar-refractivity contribution in [1.29, 1.82) is 0 Å². The minimum absolute atomic E-state index is 0.279. The number of ether oxygens (including phenoxy) is 1. The van der Waals surface area contributed by atoms with Crippen LogP contribution in [0.1, 0.15) is 5.56 Å². The summed E-state index contributed by atoms with van der Waals surface area (Å²) in [6, 6.07) is 10.4. The second-order valence-corrected chi connectivity index (χ2v) is 5.78. The number of aryl methyl sites for hydroxylation is 1. The van der Waals surface area contributed by atoms with Crippen LogP contribution in [0.5, 0.6) is 5.75 Å². The smallest absolute Gasteiger partial charge is 0.267 e. The molecule has 3 aromatic rings. The molecule has 7 nitrogen and oxygen atoms in total. The molecular formula is C19H17FN4O3. The van der Waals surface area contributed by atoms with Gasteiger partial charge in [0.2, 0.25) is 5.91 Å². The third-order valence-corrected chi connectivity index (χ3v) is 3.87. The first-order valence-corrected chi connectivity index (χ1v) is 8.11. The average Bonchev–Trinajstić information content (AvgIpc) is 2.65. The van der Waals surface area contributed by atoms with Gasteiger partial charge in [-0.25, -0.2) is 14.1 Å². The van der Waals surface area contributed by atoms with E-state index in [0.29, 0.717) is 17.1 Å². The van der Waals surface area contributed by atoms with Crippen LogP contribution >= 0.6 is 0 Å². The van der Waals surface area contributed by atoms with E-state index in [1.807, 2.05) is 13.0 Å². The number of hydrogen-bond acceptors (Lipinski definition) is 5. The highest BCUT2D eigenvalue weighted by atomic mass is 19.1. The molecule has 0 aliphatic heterocycles. The van der Waals surface area contributed by atoms with E-state index < -0.39 is 17.3 Å². The molecule has 27 heavy (non-hydrogen) atoms. The molecule has 1 N–H and O–H groups in total. The molecule has 0 saturated carbocycles. The lowest BCUT2D eigenvalue weighted by atomic mass is 10.1. The van der Waals surface area contributed by atoms with Crippen LogP contribution in [0.2, 0.25) is 0 Å². The highest BCUT2D eigenvalue weighted by molar-refractivity contribution is 5.90. The lowest BCUT2D eigenvalue weighted by Crippen LogP contribution is -2.29. The van der Waals surface area contributed by atoms with Crippen molar-refractivity contribution >= 4 is 11.7 Å². The summed E-state index contributed by atoms with van der Waals surface area (Å²) in [6.07, 6.45) is 1.56. The number of rotatable bonds is 5. The normalized spacial score (nSPS) is 10.5. The van der Waals surface area contributed by atoms with E-state index in [2.05, 4.69) is 15.4 Å². The van der Waals surface area contributed by atoms with Gasteiger partial charge in [-0.05, 0) is 36.8 Å². The van der Waals surface area contributed by atoms with Gasteiger partial charge in [0.1, 0.15) is 23.9 Å². The zero-order chi connectivity index (χ0) is 19.4. The Morgan fingerprint density at radius 3 is 2.81 bits per heavy atom. The number of amides is 1. The van der Waals surface area contributed by atoms with E-state index in [4.69, 9.17) is 4.74 Å². The molecule has 8 heteroatoms. The molecule has 0 atom stereocenters. The van der Waals surface area contributed by atoms with Gasteiger partial charge in [-0.1, -0.05) is 6.07 Å². The van der Waals surface area contributed by atoms with Gasteiger partial charge < -0.3 is 10.1 Å². The Bertz CT molecular complexity index is 1050. The largest absolute Gasteiger partial charge is 0.496 e. The van der Waals surface area contributed by atoms with Gasteiger partial charge >= 0.3 is 0 Å². The summed E-state index contributed by atoms with van der Waals surface area (Å²) in [4.78, 5) is 28.4. The Balaban J connectivity index is 1.87. The van der Waals surface area contributed by atoms with Crippen LogP contribution in [-0.2, 0) is 11.3 Å². The summed E-state index contributed by atoms with van der Waals surface area (Å²) >= 11 is 0. The van der Waals surface area contributed by atoms with Crippen molar-refractivity contribution in [3.63, 3.8) is 0 Å². The molecule has 1 amide bonds. The fourth-order valence-electron chi connectivity index (χ4n) is 2.51. The van der Waals surface area contributed by atoms with E-state index in [9.17, 15) is 14.0 Å². The van der Waals surface area contributed by atoms with Gasteiger partial charge in [0.05, 0.1) is 12.8 Å². The maximum absolute atomic E-state index is 13.4. The first-order chi connectivity index (χ1) is 13.0. The Morgan fingerprint density at radius 1 is 1.26 bits per heavy atom. The zero-order valence-electron chi connectivity index (χ0n) is 14.8. The maximum atomic E-state index is 13.4. The minimum Gasteiger partial charge on any atom is -0.496 e. The number of nitrogens with zero attached hydrogens (tertiary/aromatic N) is 3. The topological polar surface area (TPSA) is 86.1 Å². The summed E-state index contributed by atoms with van der Waals surface area (Å²) in [5.74, 6) is -0.184. The second-order valence-electron chi connectivity index (χ2n) is 5.78. The molecule has 0 fully saturated rings. The number of carbonyl (C=O) groups excluding carboxylic acids is 1. The molecule has 0 aliphatic rings. The fourth-order valence-corrected chi connectivity index (χ4v) is 2.51. The van der Waals surface area contributed by atoms with Crippen molar-refractivity contribution in [3.8, 4) is 17.0 Å². The summed E-state index contributed by atoms with van der Waals surface area (Å²) in [5, 5.41) is 6.86. The highest BCUT2D eigenvalue weighted by Crippen LogP contribution is 2.28. The van der Waals surface area contributed by atoms with Crippen molar-refractivity contribution < 1.29 is 13.9 Å². The van der Waals surface area contributed by atoms with Crippen LogP contribution in [-0.4, -0.2) is 27.8 Å². The zero-order valence-corrected chi connectivity index (χ0v) is 14.8. The molecule has 0 saturated heterocycles. The monoisotopic (exact) mass is 368 g/mol. The summed E-state index contributed by atoms with van der Waals surface area (Å²) in [6.45, 7) is 1.53. The van der Waals surface area contributed by atoms with Crippen molar-refractivity contribution in [1.82, 2.24) is 14.8 Å². The minimum atomic E-state index is -0.450. The number of carbonyl (C=O) groups is 1. The van der Waals surface area contributed by atoms with E-state index in [1.54, 1.807) is 12.3 Å². The van der Waals surface area contributed by atoms with Crippen LogP contribution < -0.4 is 15.6 Å². The van der Waals surface area contributed by atoms with Gasteiger partial charge in [0.15, 0.2) is 0 Å². The number of halogens is 1. The Hall–Kier alpha value is -3.55. The number of pyridine rings is 1. The van der Waals surface area contributed by atoms with Crippen LogP contribution in [0.25, 0.3) is 11.3 Å². The van der Waals surface area contributed by atoms with E-state index in [0.717, 1.165) is 10.2 Å². The van der Waals surface area contributed by atoms with Crippen LogP contribution in [0.3, 0.4) is 0 Å². The summed E-state index contributed by atoms with van der Waals surface area (Å²) < 4.78 is 19.6. The molecule has 1 aromatic carbocycles. The van der Waals surface area contributed by atoms with Crippen molar-refractivity contribution in [2.24, 2.45) is 0 Å². The maximum Gasteiger partial charge on any atom is 0.267 e. The number of benzene rings is 1. The number of aromatic nitrogens is 3. The number of hydrogen-bond donors (Lipinski definition) is 1. The number of nitrogens with one attached hydrogen (secondary N) is 1. The lowest BCUT2D eigenvalue weighted by Gasteiger charge is -2.11. The third kappa shape index (κ3) is 4.17. The van der Waals surface area contributed by atoms with Crippen LogP contribution in [0, 0.1) is 12.7 Å². The van der Waals surface area contributed by atoms with Crippen molar-refractivity contribution in [2.45, 2.75) is 13.5 Å². The van der Waals surface area contributed by atoms with Gasteiger partial charge in [-0.15, -0.1) is 0 Å². The molecule has 2 aromatic heterocycles. The summed E-state index contributed by atoms with van der Waals surface area (Å²) in [5.41, 5.74) is 1.26. The molecule has 2 heterocycles. The fraction of sp³-hybridized carbons (Fsp3) is 0.158. The molecule has 0 unspecified atom stereocenters. The Labute approximate surface area is 154 Å². The lowest BCUT2D eigenvalue weighted by molar-refractivity contribution is -0.117. The third-order valence-electron chi connectivity index (χ3n) is 3.87. The van der Waals surface area contributed by atoms with E-state index >= 15 is 0 Å². The SMILES string of the molecule is COc1cc(F)ccc1-c1ccc(=O)n(CC(=O)Nc2ncccc2C)n1. The number of anilines is 1. The first kappa shape index (κ1) is 18.2. The highest BCUT2D eigenvalue weighted by Gasteiger charge is 2.13. The molecule has 3 rings (SSSR count). The average molecular weight is 368 g/mol. The van der Waals surface area contributed by atoms with E-state index in [1.165, 1.54) is 37.4 Å². The molecule has 0 spiro atoms. The molecule has 138 valence electrons. The van der Waals surface area contributed by atoms with Crippen LogP contribution in [0.4, 0.5) is 10.2 Å². The van der Waals surface area contributed by atoms with Crippen molar-refractivity contribution in [2.75, 3.05) is 12.4 Å². The second kappa shape index (κ2) is 7.77. The van der Waals surface area contributed by atoms with Gasteiger partial charge in [-0.3, -0.25) is 9.59 Å². The Morgan fingerprint density at radius 2 is 2.07 bits per heavy atom. The quantitative estimate of drug-likeness (QED) is 0.747. The standard InChI is InChI=1S/C19H17FN4O3/c1-12-4-3-9-21-19(12)22-17(25)11-24-18(26)8-7-15(23-24)14-6-5-13(20)10-16(14)27-2/h3-10H,11H2,1-2H3,(H,21,22,25). The predicted octanol–water partition coefficient (Wildman–Crippen LogP) is 2.40. The van der Waals surface area contributed by atoms with Gasteiger partial charge in [-0.2, -0.15) is 5.10 Å². The number of methoxy groups -OCH3 is 1. The van der Waals surface area contributed by atoms with E-state index in [-0.39, 0.29) is 12.3 Å². The predicted molar refractivity (Wildman–Crippen MR) is 98.0 cm³/mol. The van der Waals surface area contributed by atoms with Crippen LogP contribution in [0.15, 0.2) is 53.5 Å². The molecule has 0 radical (unpaired) electrons. The molecule has 0 aliphatic carbocycles. The molecule has 0 bridgehead atoms. The molecular weight excluding hydrogens is 351 g/mol. The van der Waals surface area contributed by atoms with Crippen molar-refractivity contribution in [3.05, 3.63) is 70.4 Å². The summed E-state index contributed by atoms with van der Waals surface area (Å²) in [7, 11) is 1.41. The van der Waals surface area contributed by atoms with Gasteiger partial charge in [0, 0.05) is 23.9 Å². The van der Waals surface area contributed by atoms with Gasteiger partial charge in [0.25, 0.3) is 5.56 Å². The Kier molecular flexibility index (Phi) is 5.25. The first-order valence-electron chi connectivity index (χ1n) is 8.11.